The molecule has 0 unspecified atom stereocenters. The smallest absolute Gasteiger partial charge is 0.163 e. The number of rotatable bonds is 3. The second-order valence-corrected chi connectivity index (χ2v) is 8.78. The first-order valence-electron chi connectivity index (χ1n) is 8.41. The van der Waals surface area contributed by atoms with Gasteiger partial charge in [0.25, 0.3) is 0 Å². The topological polar surface area (TPSA) is 64.7 Å². The molecular weight excluding hydrogens is 376 g/mol. The highest BCUT2D eigenvalue weighted by molar-refractivity contribution is 7.16. The first-order chi connectivity index (χ1) is 13.2. The minimum absolute atomic E-state index is 0.690. The lowest BCUT2D eigenvalue weighted by Crippen LogP contribution is -1.94. The van der Waals surface area contributed by atoms with E-state index in [1.54, 1.807) is 35.1 Å². The van der Waals surface area contributed by atoms with E-state index in [1.807, 2.05) is 12.1 Å². The van der Waals surface area contributed by atoms with E-state index in [2.05, 4.69) is 53.4 Å². The molecule has 0 fully saturated rings. The maximum absolute atomic E-state index is 5.15. The lowest BCUT2D eigenvalue weighted by molar-refractivity contribution is 0.315. The maximum Gasteiger partial charge on any atom is 0.163 e. The van der Waals surface area contributed by atoms with Crippen LogP contribution in [0.1, 0.15) is 9.75 Å². The van der Waals surface area contributed by atoms with Gasteiger partial charge in [-0.25, -0.2) is 9.61 Å². The maximum atomic E-state index is 5.15. The van der Waals surface area contributed by atoms with E-state index in [9.17, 15) is 0 Å². The van der Waals surface area contributed by atoms with Gasteiger partial charge in [0.15, 0.2) is 5.52 Å². The number of hydrogen-bond donors (Lipinski definition) is 0. The Labute approximate surface area is 163 Å². The van der Waals surface area contributed by atoms with Gasteiger partial charge in [-0.3, -0.25) is 4.98 Å². The summed E-state index contributed by atoms with van der Waals surface area (Å²) < 4.78 is 5.15. The van der Waals surface area contributed by atoms with Crippen LogP contribution in [0.15, 0.2) is 53.4 Å². The second kappa shape index (κ2) is 6.37. The predicted octanol–water partition coefficient (Wildman–Crippen LogP) is 5.75. The van der Waals surface area contributed by atoms with E-state index >= 15 is 0 Å². The van der Waals surface area contributed by atoms with Gasteiger partial charge in [0, 0.05) is 38.2 Å². The first kappa shape index (κ1) is 16.3. The molecule has 5 aromatic heterocycles. The molecule has 0 N–H and O–H groups in total. The zero-order valence-corrected chi connectivity index (χ0v) is 16.3. The molecule has 0 bridgehead atoms. The summed E-state index contributed by atoms with van der Waals surface area (Å²) in [5.74, 6) is 0. The number of nitrogens with zero attached hydrogens (tertiary/aromatic N) is 4. The van der Waals surface area contributed by atoms with Crippen LogP contribution < -0.4 is 0 Å². The molecule has 0 aliphatic carbocycles. The molecule has 27 heavy (non-hydrogen) atoms. The average molecular weight is 390 g/mol. The second-order valence-electron chi connectivity index (χ2n) is 6.20. The van der Waals surface area contributed by atoms with Crippen molar-refractivity contribution < 1.29 is 4.63 Å². The molecular formula is C20H14N4OS2. The van der Waals surface area contributed by atoms with E-state index in [0.29, 0.717) is 5.52 Å². The van der Waals surface area contributed by atoms with Gasteiger partial charge in [-0.2, -0.15) is 0 Å². The summed E-state index contributed by atoms with van der Waals surface area (Å²) in [7, 11) is 0. The number of pyridine rings is 2. The SMILES string of the molecule is Cc1ccc(-c2nc(-c3ccncc3)c(-c3ccc(C)s3)c3nonc23)s1. The molecule has 0 saturated carbocycles. The molecule has 0 saturated heterocycles. The predicted molar refractivity (Wildman–Crippen MR) is 109 cm³/mol. The van der Waals surface area contributed by atoms with Crippen LogP contribution >= 0.6 is 22.7 Å². The molecule has 5 heterocycles. The number of fused-ring (bicyclic) bond motifs is 1. The number of thiophene rings is 2. The molecule has 0 amide bonds. The number of aryl methyl sites for hydroxylation is 2. The fourth-order valence-corrected chi connectivity index (χ4v) is 4.87. The van der Waals surface area contributed by atoms with Gasteiger partial charge in [0.2, 0.25) is 0 Å². The van der Waals surface area contributed by atoms with E-state index in [4.69, 9.17) is 9.61 Å². The Hall–Kier alpha value is -2.90. The molecule has 5 rings (SSSR count). The third-order valence-electron chi connectivity index (χ3n) is 4.32. The van der Waals surface area contributed by atoms with Crippen LogP contribution in [0, 0.1) is 13.8 Å². The summed E-state index contributed by atoms with van der Waals surface area (Å²) in [4.78, 5) is 13.8. The molecule has 132 valence electrons. The van der Waals surface area contributed by atoms with Crippen LogP contribution in [-0.2, 0) is 0 Å². The van der Waals surface area contributed by atoms with Crippen LogP contribution in [0.5, 0.6) is 0 Å². The Kier molecular flexibility index (Phi) is 3.84. The normalized spacial score (nSPS) is 11.3. The van der Waals surface area contributed by atoms with Crippen molar-refractivity contribution in [1.82, 2.24) is 20.3 Å². The van der Waals surface area contributed by atoms with Gasteiger partial charge < -0.3 is 0 Å². The fraction of sp³-hybridized carbons (Fsp3) is 0.100. The van der Waals surface area contributed by atoms with Gasteiger partial charge in [-0.05, 0) is 60.6 Å². The van der Waals surface area contributed by atoms with E-state index in [1.165, 1.54) is 9.75 Å². The number of hydrogen-bond acceptors (Lipinski definition) is 7. The average Bonchev–Trinajstić information content (AvgIpc) is 3.42. The van der Waals surface area contributed by atoms with Crippen LogP contribution in [0.4, 0.5) is 0 Å². The molecule has 0 spiro atoms. The molecule has 7 heteroatoms. The zero-order chi connectivity index (χ0) is 18.4. The van der Waals surface area contributed by atoms with Crippen molar-refractivity contribution in [2.45, 2.75) is 13.8 Å². The van der Waals surface area contributed by atoms with Crippen LogP contribution in [0.2, 0.25) is 0 Å². The summed E-state index contributed by atoms with van der Waals surface area (Å²) in [6, 6.07) is 12.3. The largest absolute Gasteiger partial charge is 0.265 e. The van der Waals surface area contributed by atoms with Gasteiger partial charge in [0.1, 0.15) is 11.2 Å². The molecule has 0 radical (unpaired) electrons. The molecule has 0 aromatic carbocycles. The number of aromatic nitrogens is 4. The van der Waals surface area contributed by atoms with Crippen LogP contribution in [-0.4, -0.2) is 20.3 Å². The highest BCUT2D eigenvalue weighted by atomic mass is 32.1. The monoisotopic (exact) mass is 390 g/mol. The van der Waals surface area contributed by atoms with Crippen molar-refractivity contribution in [2.24, 2.45) is 0 Å². The van der Waals surface area contributed by atoms with E-state index in [0.717, 1.165) is 37.8 Å². The van der Waals surface area contributed by atoms with Gasteiger partial charge in [-0.15, -0.1) is 22.7 Å². The quantitative estimate of drug-likeness (QED) is 0.392. The van der Waals surface area contributed by atoms with Crippen molar-refractivity contribution >= 4 is 33.7 Å². The summed E-state index contributed by atoms with van der Waals surface area (Å²) in [6.07, 6.45) is 3.56. The summed E-state index contributed by atoms with van der Waals surface area (Å²) >= 11 is 3.40. The molecule has 0 aliphatic heterocycles. The van der Waals surface area contributed by atoms with E-state index < -0.39 is 0 Å². The van der Waals surface area contributed by atoms with Crippen molar-refractivity contribution in [2.75, 3.05) is 0 Å². The Morgan fingerprint density at radius 1 is 0.741 bits per heavy atom. The van der Waals surface area contributed by atoms with Gasteiger partial charge in [-0.1, -0.05) is 0 Å². The lowest BCUT2D eigenvalue weighted by Gasteiger charge is -2.10. The minimum atomic E-state index is 0.690. The van der Waals surface area contributed by atoms with Gasteiger partial charge in [0.05, 0.1) is 10.6 Å². The molecule has 5 aromatic rings. The Morgan fingerprint density at radius 2 is 1.41 bits per heavy atom. The Bertz CT molecular complexity index is 1250. The molecule has 0 atom stereocenters. The van der Waals surface area contributed by atoms with Crippen LogP contribution in [0.25, 0.3) is 43.3 Å². The van der Waals surface area contributed by atoms with Crippen molar-refractivity contribution in [1.29, 1.82) is 0 Å². The zero-order valence-electron chi connectivity index (χ0n) is 14.6. The van der Waals surface area contributed by atoms with Crippen molar-refractivity contribution in [3.63, 3.8) is 0 Å². The third-order valence-corrected chi connectivity index (χ3v) is 6.35. The highest BCUT2D eigenvalue weighted by Gasteiger charge is 2.23. The molecule has 0 aliphatic rings. The third kappa shape index (κ3) is 2.75. The van der Waals surface area contributed by atoms with Crippen LogP contribution in [0.3, 0.4) is 0 Å². The van der Waals surface area contributed by atoms with Crippen molar-refractivity contribution in [3.05, 3.63) is 58.5 Å². The Balaban J connectivity index is 1.89. The fourth-order valence-electron chi connectivity index (χ4n) is 3.10. The summed E-state index contributed by atoms with van der Waals surface area (Å²) in [6.45, 7) is 4.17. The summed E-state index contributed by atoms with van der Waals surface area (Å²) in [5.41, 5.74) is 5.03. The molecule has 5 nitrogen and oxygen atoms in total. The van der Waals surface area contributed by atoms with Gasteiger partial charge >= 0.3 is 0 Å². The highest BCUT2D eigenvalue weighted by Crippen LogP contribution is 2.42. The standard InChI is InChI=1S/C20H14N4OS2/c1-11-3-5-14(26-11)16-17(13-7-9-21-10-8-13)22-18(15-6-4-12(2)27-15)20-19(16)23-25-24-20/h3-10H,1-2H3. The Morgan fingerprint density at radius 3 is 2.07 bits per heavy atom. The van der Waals surface area contributed by atoms with E-state index in [-0.39, 0.29) is 0 Å². The lowest BCUT2D eigenvalue weighted by atomic mass is 10.0. The summed E-state index contributed by atoms with van der Waals surface area (Å²) in [5, 5.41) is 8.44. The van der Waals surface area contributed by atoms with Crippen molar-refractivity contribution in [3.8, 4) is 32.3 Å². The minimum Gasteiger partial charge on any atom is -0.265 e. The first-order valence-corrected chi connectivity index (χ1v) is 10.0.